The van der Waals surface area contributed by atoms with Gasteiger partial charge >= 0.3 is 0 Å². The number of hydrogen-bond donors (Lipinski definition) is 1. The highest BCUT2D eigenvalue weighted by Gasteiger charge is 2.46. The number of nitrogens with zero attached hydrogens (tertiary/aromatic N) is 2. The highest BCUT2D eigenvalue weighted by Crippen LogP contribution is 2.26. The molecule has 0 saturated carbocycles. The van der Waals surface area contributed by atoms with Gasteiger partial charge in [-0.15, -0.1) is 0 Å². The average molecular weight is 283 g/mol. The third kappa shape index (κ3) is 3.15. The van der Waals surface area contributed by atoms with Crippen LogP contribution in [0, 0.1) is 0 Å². The van der Waals surface area contributed by atoms with Gasteiger partial charge in [0.25, 0.3) is 0 Å². The molecule has 2 saturated heterocycles. The Kier molecular flexibility index (Phi) is 5.04. The first-order valence-electron chi connectivity index (χ1n) is 7.89. The molecule has 0 spiro atoms. The van der Waals surface area contributed by atoms with Crippen LogP contribution in [0.3, 0.4) is 0 Å². The molecule has 0 aliphatic carbocycles. The number of carbonyl (C=O) groups is 1. The molecule has 20 heavy (non-hydrogen) atoms. The van der Waals surface area contributed by atoms with Gasteiger partial charge in [-0.1, -0.05) is 20.3 Å². The lowest BCUT2D eigenvalue weighted by Gasteiger charge is -2.34. The minimum atomic E-state index is -0.402. The van der Waals surface area contributed by atoms with Gasteiger partial charge in [-0.25, -0.2) is 0 Å². The van der Waals surface area contributed by atoms with Crippen molar-refractivity contribution in [1.29, 1.82) is 0 Å². The molecule has 5 nitrogen and oxygen atoms in total. The Bertz CT molecular complexity index is 350. The van der Waals surface area contributed by atoms with E-state index in [1.54, 1.807) is 0 Å². The topological polar surface area (TPSA) is 44.8 Å². The largest absolute Gasteiger partial charge is 0.374 e. The maximum atomic E-state index is 12.7. The summed E-state index contributed by atoms with van der Waals surface area (Å²) in [5.74, 6) is 0.232. The third-order valence-corrected chi connectivity index (χ3v) is 4.61. The predicted octanol–water partition coefficient (Wildman–Crippen LogP) is 1.04. The zero-order chi connectivity index (χ0) is 14.8. The van der Waals surface area contributed by atoms with Crippen LogP contribution in [0.15, 0.2) is 0 Å². The van der Waals surface area contributed by atoms with Gasteiger partial charge in [0, 0.05) is 19.6 Å². The van der Waals surface area contributed by atoms with Gasteiger partial charge < -0.3 is 14.5 Å². The molecular weight excluding hydrogens is 254 g/mol. The molecule has 0 aromatic carbocycles. The minimum Gasteiger partial charge on any atom is -0.374 e. The standard InChI is InChI=1S/C15H29N3O2/c1-5-7-13-16-15(3,6-2)14(19)18(13)11-12-10-17(4)8-9-20-12/h12-13,16H,5-11H2,1-4H3. The lowest BCUT2D eigenvalue weighted by Crippen LogP contribution is -2.49. The van der Waals surface area contributed by atoms with Crippen molar-refractivity contribution >= 4 is 5.91 Å². The van der Waals surface area contributed by atoms with E-state index in [4.69, 9.17) is 4.74 Å². The third-order valence-electron chi connectivity index (χ3n) is 4.61. The summed E-state index contributed by atoms with van der Waals surface area (Å²) in [4.78, 5) is 17.0. The van der Waals surface area contributed by atoms with Gasteiger partial charge in [0.15, 0.2) is 0 Å². The molecule has 3 unspecified atom stereocenters. The predicted molar refractivity (Wildman–Crippen MR) is 79.5 cm³/mol. The Morgan fingerprint density at radius 3 is 2.80 bits per heavy atom. The molecule has 0 aromatic rings. The molecule has 2 heterocycles. The zero-order valence-corrected chi connectivity index (χ0v) is 13.3. The van der Waals surface area contributed by atoms with Crippen LogP contribution in [0.4, 0.5) is 0 Å². The van der Waals surface area contributed by atoms with Gasteiger partial charge in [-0.3, -0.25) is 10.1 Å². The van der Waals surface area contributed by atoms with Crippen LogP contribution in [-0.4, -0.2) is 66.8 Å². The van der Waals surface area contributed by atoms with Gasteiger partial charge in [-0.2, -0.15) is 0 Å². The summed E-state index contributed by atoms with van der Waals surface area (Å²) < 4.78 is 5.82. The fourth-order valence-electron chi connectivity index (χ4n) is 3.13. The van der Waals surface area contributed by atoms with Crippen molar-refractivity contribution in [2.24, 2.45) is 0 Å². The van der Waals surface area contributed by atoms with Gasteiger partial charge in [0.05, 0.1) is 24.4 Å². The Morgan fingerprint density at radius 2 is 2.20 bits per heavy atom. The average Bonchev–Trinajstić information content (AvgIpc) is 2.65. The number of amides is 1. The van der Waals surface area contributed by atoms with Crippen molar-refractivity contribution in [3.05, 3.63) is 0 Å². The maximum absolute atomic E-state index is 12.7. The fraction of sp³-hybridized carbons (Fsp3) is 0.933. The van der Waals surface area contributed by atoms with E-state index in [9.17, 15) is 4.79 Å². The van der Waals surface area contributed by atoms with Crippen LogP contribution in [-0.2, 0) is 9.53 Å². The summed E-state index contributed by atoms with van der Waals surface area (Å²) in [5, 5.41) is 3.53. The van der Waals surface area contributed by atoms with E-state index in [0.717, 1.165) is 39.0 Å². The molecule has 2 aliphatic heterocycles. The van der Waals surface area contributed by atoms with E-state index in [1.165, 1.54) is 0 Å². The molecule has 0 radical (unpaired) electrons. The van der Waals surface area contributed by atoms with Crippen molar-refractivity contribution in [2.45, 2.75) is 57.8 Å². The molecule has 1 N–H and O–H groups in total. The summed E-state index contributed by atoms with van der Waals surface area (Å²) in [6.07, 6.45) is 3.20. The second kappa shape index (κ2) is 6.41. The first kappa shape index (κ1) is 15.7. The van der Waals surface area contributed by atoms with Crippen LogP contribution in [0.25, 0.3) is 0 Å². The lowest BCUT2D eigenvalue weighted by atomic mass is 9.99. The molecule has 5 heteroatoms. The Balaban J connectivity index is 2.04. The van der Waals surface area contributed by atoms with Crippen molar-refractivity contribution in [3.63, 3.8) is 0 Å². The summed E-state index contributed by atoms with van der Waals surface area (Å²) in [6, 6.07) is 0. The lowest BCUT2D eigenvalue weighted by molar-refractivity contribution is -0.136. The van der Waals surface area contributed by atoms with Gasteiger partial charge in [-0.05, 0) is 26.8 Å². The number of ether oxygens (including phenoxy) is 1. The van der Waals surface area contributed by atoms with Crippen LogP contribution in [0.5, 0.6) is 0 Å². The van der Waals surface area contributed by atoms with E-state index in [1.807, 2.05) is 11.8 Å². The van der Waals surface area contributed by atoms with Crippen LogP contribution in [0.1, 0.15) is 40.0 Å². The van der Waals surface area contributed by atoms with Crippen molar-refractivity contribution in [2.75, 3.05) is 33.3 Å². The van der Waals surface area contributed by atoms with E-state index >= 15 is 0 Å². The molecule has 0 aromatic heterocycles. The SMILES string of the molecule is CCCC1NC(C)(CC)C(=O)N1CC1CN(C)CCO1. The van der Waals surface area contributed by atoms with Gasteiger partial charge in [0.2, 0.25) is 5.91 Å². The molecule has 3 atom stereocenters. The number of nitrogens with one attached hydrogen (secondary N) is 1. The number of morpholine rings is 1. The summed E-state index contributed by atoms with van der Waals surface area (Å²) in [6.45, 7) is 9.61. The number of carbonyl (C=O) groups excluding carboxylic acids is 1. The quantitative estimate of drug-likeness (QED) is 0.819. The minimum absolute atomic E-state index is 0.137. The molecule has 0 bridgehead atoms. The number of hydrogen-bond acceptors (Lipinski definition) is 4. The molecular formula is C15H29N3O2. The van der Waals surface area contributed by atoms with Crippen LogP contribution >= 0.6 is 0 Å². The first-order valence-corrected chi connectivity index (χ1v) is 7.89. The molecule has 116 valence electrons. The Labute approximate surface area is 122 Å². The summed E-state index contributed by atoms with van der Waals surface area (Å²) in [5.41, 5.74) is -0.402. The van der Waals surface area contributed by atoms with Gasteiger partial charge in [0.1, 0.15) is 0 Å². The fourth-order valence-corrected chi connectivity index (χ4v) is 3.13. The maximum Gasteiger partial charge on any atom is 0.243 e. The highest BCUT2D eigenvalue weighted by molar-refractivity contribution is 5.88. The monoisotopic (exact) mass is 283 g/mol. The van der Waals surface area contributed by atoms with Crippen molar-refractivity contribution < 1.29 is 9.53 Å². The van der Waals surface area contributed by atoms with E-state index < -0.39 is 5.54 Å². The smallest absolute Gasteiger partial charge is 0.243 e. The molecule has 2 aliphatic rings. The van der Waals surface area contributed by atoms with Crippen LogP contribution < -0.4 is 5.32 Å². The Hall–Kier alpha value is -0.650. The van der Waals surface area contributed by atoms with E-state index in [2.05, 4.69) is 31.1 Å². The molecule has 2 fully saturated rings. The van der Waals surface area contributed by atoms with Crippen LogP contribution in [0.2, 0.25) is 0 Å². The molecule has 2 rings (SSSR count). The zero-order valence-electron chi connectivity index (χ0n) is 13.3. The number of rotatable bonds is 5. The number of likely N-dealkylation sites (N-methyl/N-ethyl adjacent to an activating group) is 1. The van der Waals surface area contributed by atoms with E-state index in [0.29, 0.717) is 6.54 Å². The molecule has 1 amide bonds. The Morgan fingerprint density at radius 1 is 1.45 bits per heavy atom. The second-order valence-electron chi connectivity index (χ2n) is 6.35. The normalized spacial score (nSPS) is 35.8. The second-order valence-corrected chi connectivity index (χ2v) is 6.35. The first-order chi connectivity index (χ1) is 9.50. The van der Waals surface area contributed by atoms with Crippen molar-refractivity contribution in [1.82, 2.24) is 15.1 Å². The summed E-state index contributed by atoms with van der Waals surface area (Å²) in [7, 11) is 2.11. The highest BCUT2D eigenvalue weighted by atomic mass is 16.5. The van der Waals surface area contributed by atoms with E-state index in [-0.39, 0.29) is 18.2 Å². The van der Waals surface area contributed by atoms with Crippen molar-refractivity contribution in [3.8, 4) is 0 Å². The summed E-state index contributed by atoms with van der Waals surface area (Å²) >= 11 is 0.